The molecule has 0 saturated heterocycles. The van der Waals surface area contributed by atoms with Crippen LogP contribution in [0.15, 0.2) is 53.8 Å². The van der Waals surface area contributed by atoms with Crippen molar-refractivity contribution in [2.45, 2.75) is 30.1 Å². The monoisotopic (exact) mass is 315 g/mol. The summed E-state index contributed by atoms with van der Waals surface area (Å²) >= 11 is 1.71. The molecule has 0 radical (unpaired) electrons. The molecule has 1 aliphatic heterocycles. The van der Waals surface area contributed by atoms with Crippen molar-refractivity contribution in [2.75, 3.05) is 0 Å². The lowest BCUT2D eigenvalue weighted by molar-refractivity contribution is 0.523. The van der Waals surface area contributed by atoms with Crippen LogP contribution in [0, 0.1) is 5.82 Å². The van der Waals surface area contributed by atoms with Crippen LogP contribution in [0.2, 0.25) is 0 Å². The molecule has 1 aromatic carbocycles. The van der Waals surface area contributed by atoms with E-state index in [1.165, 1.54) is 11.6 Å². The first-order chi connectivity index (χ1) is 10.6. The standard InChI is InChI=1S/C17H18FN3S/c1-12(14-5-3-4-6-15(14)18)21-16-20-11-17(2,22-16)13-7-9-19-10-8-13/h3-12,16,21H,1-2H3. The zero-order valence-electron chi connectivity index (χ0n) is 12.5. The third kappa shape index (κ3) is 3.05. The van der Waals surface area contributed by atoms with Crippen LogP contribution < -0.4 is 5.32 Å². The van der Waals surface area contributed by atoms with Crippen molar-refractivity contribution in [3.63, 3.8) is 0 Å². The molecule has 1 aliphatic rings. The fourth-order valence-electron chi connectivity index (χ4n) is 2.54. The van der Waals surface area contributed by atoms with Crippen molar-refractivity contribution in [1.29, 1.82) is 0 Å². The lowest BCUT2D eigenvalue weighted by Gasteiger charge is -2.24. The second-order valence-corrected chi connectivity index (χ2v) is 7.03. The Labute approximate surface area is 134 Å². The molecule has 2 aromatic rings. The van der Waals surface area contributed by atoms with Gasteiger partial charge in [-0.1, -0.05) is 18.2 Å². The number of hydrogen-bond acceptors (Lipinski definition) is 4. The highest BCUT2D eigenvalue weighted by molar-refractivity contribution is 8.01. The number of thioether (sulfide) groups is 1. The van der Waals surface area contributed by atoms with Crippen molar-refractivity contribution < 1.29 is 4.39 Å². The van der Waals surface area contributed by atoms with Crippen molar-refractivity contribution >= 4 is 18.0 Å². The maximum Gasteiger partial charge on any atom is 0.148 e. The topological polar surface area (TPSA) is 37.3 Å². The van der Waals surface area contributed by atoms with Crippen LogP contribution in [-0.2, 0) is 4.75 Å². The number of rotatable bonds is 4. The molecule has 0 bridgehead atoms. The van der Waals surface area contributed by atoms with E-state index in [0.717, 1.165) is 0 Å². The van der Waals surface area contributed by atoms with Crippen LogP contribution in [0.4, 0.5) is 4.39 Å². The zero-order chi connectivity index (χ0) is 15.6. The molecular weight excluding hydrogens is 297 g/mol. The average Bonchev–Trinajstić information content (AvgIpc) is 2.91. The zero-order valence-corrected chi connectivity index (χ0v) is 13.3. The first-order valence-corrected chi connectivity index (χ1v) is 8.09. The molecule has 0 amide bonds. The van der Waals surface area contributed by atoms with E-state index in [4.69, 9.17) is 0 Å². The molecule has 0 aliphatic carbocycles. The minimum Gasteiger partial charge on any atom is -0.280 e. The van der Waals surface area contributed by atoms with Crippen molar-refractivity contribution in [1.82, 2.24) is 10.3 Å². The number of aromatic nitrogens is 1. The lowest BCUT2D eigenvalue weighted by Crippen LogP contribution is -2.28. The van der Waals surface area contributed by atoms with Gasteiger partial charge in [0.05, 0.1) is 4.75 Å². The van der Waals surface area contributed by atoms with Gasteiger partial charge in [-0.25, -0.2) is 4.39 Å². The third-order valence-electron chi connectivity index (χ3n) is 3.83. The second kappa shape index (κ2) is 6.18. The fraction of sp³-hybridized carbons (Fsp3) is 0.294. The van der Waals surface area contributed by atoms with Gasteiger partial charge in [-0.05, 0) is 37.6 Å². The predicted molar refractivity (Wildman–Crippen MR) is 89.4 cm³/mol. The summed E-state index contributed by atoms with van der Waals surface area (Å²) in [6, 6.07) is 10.7. The smallest absolute Gasteiger partial charge is 0.148 e. The molecule has 1 aromatic heterocycles. The second-order valence-electron chi connectivity index (χ2n) is 5.50. The Bertz CT molecular complexity index is 677. The summed E-state index contributed by atoms with van der Waals surface area (Å²) in [5.41, 5.74) is 1.74. The number of hydrogen-bond donors (Lipinski definition) is 1. The molecule has 114 valence electrons. The Hall–Kier alpha value is -1.72. The van der Waals surface area contributed by atoms with E-state index >= 15 is 0 Å². The Morgan fingerprint density at radius 2 is 1.95 bits per heavy atom. The average molecular weight is 315 g/mol. The van der Waals surface area contributed by atoms with Gasteiger partial charge in [0.15, 0.2) is 0 Å². The first-order valence-electron chi connectivity index (χ1n) is 7.22. The Morgan fingerprint density at radius 3 is 2.68 bits per heavy atom. The molecule has 0 spiro atoms. The highest BCUT2D eigenvalue weighted by atomic mass is 32.2. The van der Waals surface area contributed by atoms with Gasteiger partial charge >= 0.3 is 0 Å². The third-order valence-corrected chi connectivity index (χ3v) is 5.14. The maximum absolute atomic E-state index is 13.8. The summed E-state index contributed by atoms with van der Waals surface area (Å²) < 4.78 is 13.7. The van der Waals surface area contributed by atoms with E-state index in [1.807, 2.05) is 31.3 Å². The molecule has 5 heteroatoms. The van der Waals surface area contributed by atoms with Gasteiger partial charge in [-0.2, -0.15) is 0 Å². The van der Waals surface area contributed by atoms with E-state index in [2.05, 4.69) is 22.2 Å². The van der Waals surface area contributed by atoms with Gasteiger partial charge in [0.2, 0.25) is 0 Å². The number of benzene rings is 1. The largest absolute Gasteiger partial charge is 0.280 e. The molecule has 1 N–H and O–H groups in total. The van der Waals surface area contributed by atoms with E-state index in [-0.39, 0.29) is 22.1 Å². The molecule has 3 atom stereocenters. The predicted octanol–water partition coefficient (Wildman–Crippen LogP) is 3.89. The summed E-state index contributed by atoms with van der Waals surface area (Å²) in [5.74, 6) is -0.189. The summed E-state index contributed by atoms with van der Waals surface area (Å²) in [5, 5.41) is 3.37. The molecule has 3 rings (SSSR count). The van der Waals surface area contributed by atoms with Crippen LogP contribution >= 0.6 is 11.8 Å². The van der Waals surface area contributed by atoms with Gasteiger partial charge in [0.1, 0.15) is 11.3 Å². The highest BCUT2D eigenvalue weighted by Gasteiger charge is 2.34. The molecule has 2 heterocycles. The first kappa shape index (κ1) is 15.2. The lowest BCUT2D eigenvalue weighted by atomic mass is 10.0. The van der Waals surface area contributed by atoms with E-state index in [9.17, 15) is 4.39 Å². The van der Waals surface area contributed by atoms with Crippen LogP contribution in [0.25, 0.3) is 0 Å². The van der Waals surface area contributed by atoms with Crippen molar-refractivity contribution in [3.05, 3.63) is 65.7 Å². The summed E-state index contributed by atoms with van der Waals surface area (Å²) in [6.45, 7) is 4.09. The number of nitrogens with one attached hydrogen (secondary N) is 1. The Balaban J connectivity index is 1.69. The maximum atomic E-state index is 13.8. The Morgan fingerprint density at radius 1 is 1.23 bits per heavy atom. The van der Waals surface area contributed by atoms with E-state index in [1.54, 1.807) is 36.3 Å². The van der Waals surface area contributed by atoms with Crippen LogP contribution in [0.5, 0.6) is 0 Å². The van der Waals surface area contributed by atoms with Crippen molar-refractivity contribution in [3.8, 4) is 0 Å². The molecular formula is C17H18FN3S. The van der Waals surface area contributed by atoms with Crippen LogP contribution in [0.3, 0.4) is 0 Å². The summed E-state index contributed by atoms with van der Waals surface area (Å²) in [7, 11) is 0. The Kier molecular flexibility index (Phi) is 4.27. The van der Waals surface area contributed by atoms with Gasteiger partial charge in [-0.3, -0.25) is 15.3 Å². The normalized spacial score (nSPS) is 25.3. The SMILES string of the molecule is CC(NC1N=CC(C)(c2ccncc2)S1)c1ccccc1F. The molecule has 0 fully saturated rings. The van der Waals surface area contributed by atoms with Crippen LogP contribution in [0.1, 0.15) is 31.0 Å². The molecule has 3 nitrogen and oxygen atoms in total. The number of aliphatic imine (C=N–C) groups is 1. The molecule has 3 unspecified atom stereocenters. The highest BCUT2D eigenvalue weighted by Crippen LogP contribution is 2.41. The number of nitrogens with zero attached hydrogens (tertiary/aromatic N) is 2. The van der Waals surface area contributed by atoms with E-state index in [0.29, 0.717) is 5.56 Å². The number of halogens is 1. The van der Waals surface area contributed by atoms with Gasteiger partial charge in [0, 0.05) is 30.2 Å². The van der Waals surface area contributed by atoms with Crippen LogP contribution in [-0.4, -0.2) is 16.7 Å². The quantitative estimate of drug-likeness (QED) is 0.930. The van der Waals surface area contributed by atoms with Crippen molar-refractivity contribution in [2.24, 2.45) is 4.99 Å². The molecule has 0 saturated carbocycles. The summed E-state index contributed by atoms with van der Waals surface area (Å²) in [4.78, 5) is 8.60. The van der Waals surface area contributed by atoms with Gasteiger partial charge < -0.3 is 0 Å². The van der Waals surface area contributed by atoms with Gasteiger partial charge in [0.25, 0.3) is 0 Å². The number of pyridine rings is 1. The fourth-order valence-corrected chi connectivity index (χ4v) is 3.79. The minimum absolute atomic E-state index is 0.0900. The van der Waals surface area contributed by atoms with E-state index < -0.39 is 0 Å². The summed E-state index contributed by atoms with van der Waals surface area (Å²) in [6.07, 6.45) is 5.54. The molecule has 22 heavy (non-hydrogen) atoms. The minimum atomic E-state index is -0.189. The van der Waals surface area contributed by atoms with Gasteiger partial charge in [-0.15, -0.1) is 11.8 Å².